The summed E-state index contributed by atoms with van der Waals surface area (Å²) < 4.78 is 24.9. The standard InChI is InChI=1S/C16H18FNO2/c1-3-19-13-5-4-6-14(10-13)20-16-8-7-12(11-18-2)9-15(16)17/h4-10,18H,3,11H2,1-2H3. The Hall–Kier alpha value is -2.07. The first-order valence-corrected chi connectivity index (χ1v) is 6.56. The van der Waals surface area contributed by atoms with Gasteiger partial charge in [-0.15, -0.1) is 0 Å². The molecule has 3 nitrogen and oxygen atoms in total. The maximum atomic E-state index is 13.9. The van der Waals surface area contributed by atoms with Crippen molar-refractivity contribution in [1.82, 2.24) is 5.32 Å². The molecule has 0 aliphatic heterocycles. The maximum absolute atomic E-state index is 13.9. The van der Waals surface area contributed by atoms with Crippen LogP contribution in [0.15, 0.2) is 42.5 Å². The molecule has 0 saturated carbocycles. The molecule has 0 bridgehead atoms. The van der Waals surface area contributed by atoms with E-state index in [1.807, 2.05) is 32.2 Å². The van der Waals surface area contributed by atoms with Crippen LogP contribution in [0.1, 0.15) is 12.5 Å². The molecule has 2 aromatic carbocycles. The van der Waals surface area contributed by atoms with Gasteiger partial charge in [-0.3, -0.25) is 0 Å². The number of halogens is 1. The number of rotatable bonds is 6. The SMILES string of the molecule is CCOc1cccc(Oc2ccc(CNC)cc2F)c1. The molecule has 4 heteroatoms. The van der Waals surface area contributed by atoms with Crippen LogP contribution in [-0.4, -0.2) is 13.7 Å². The van der Waals surface area contributed by atoms with Gasteiger partial charge in [0.1, 0.15) is 11.5 Å². The second kappa shape index (κ2) is 6.91. The normalized spacial score (nSPS) is 10.3. The van der Waals surface area contributed by atoms with E-state index in [-0.39, 0.29) is 11.6 Å². The van der Waals surface area contributed by atoms with Gasteiger partial charge in [-0.1, -0.05) is 12.1 Å². The van der Waals surface area contributed by atoms with E-state index in [0.717, 1.165) is 5.56 Å². The summed E-state index contributed by atoms with van der Waals surface area (Å²) in [6.45, 7) is 3.11. The number of nitrogens with one attached hydrogen (secondary N) is 1. The third kappa shape index (κ3) is 3.71. The van der Waals surface area contributed by atoms with Gasteiger partial charge in [0.05, 0.1) is 6.61 Å². The van der Waals surface area contributed by atoms with E-state index in [2.05, 4.69) is 5.32 Å². The minimum Gasteiger partial charge on any atom is -0.494 e. The van der Waals surface area contributed by atoms with Gasteiger partial charge >= 0.3 is 0 Å². The Labute approximate surface area is 118 Å². The summed E-state index contributed by atoms with van der Waals surface area (Å²) in [5.41, 5.74) is 0.875. The van der Waals surface area contributed by atoms with Crippen molar-refractivity contribution in [2.24, 2.45) is 0 Å². The van der Waals surface area contributed by atoms with Crippen LogP contribution in [-0.2, 0) is 6.54 Å². The molecule has 0 aliphatic carbocycles. The van der Waals surface area contributed by atoms with E-state index in [0.29, 0.717) is 24.7 Å². The Bertz CT molecular complexity index is 572. The highest BCUT2D eigenvalue weighted by atomic mass is 19.1. The molecule has 0 amide bonds. The highest BCUT2D eigenvalue weighted by Crippen LogP contribution is 2.27. The summed E-state index contributed by atoms with van der Waals surface area (Å²) in [4.78, 5) is 0. The summed E-state index contributed by atoms with van der Waals surface area (Å²) in [5.74, 6) is 1.09. The molecule has 20 heavy (non-hydrogen) atoms. The van der Waals surface area contributed by atoms with Crippen molar-refractivity contribution in [1.29, 1.82) is 0 Å². The number of benzene rings is 2. The zero-order chi connectivity index (χ0) is 14.4. The van der Waals surface area contributed by atoms with E-state index >= 15 is 0 Å². The fourth-order valence-corrected chi connectivity index (χ4v) is 1.86. The van der Waals surface area contributed by atoms with Crippen LogP contribution in [0.5, 0.6) is 17.2 Å². The predicted octanol–water partition coefficient (Wildman–Crippen LogP) is 3.74. The lowest BCUT2D eigenvalue weighted by Crippen LogP contribution is -2.05. The summed E-state index contributed by atoms with van der Waals surface area (Å²) in [6.07, 6.45) is 0. The van der Waals surface area contributed by atoms with E-state index in [9.17, 15) is 4.39 Å². The van der Waals surface area contributed by atoms with Crippen molar-refractivity contribution < 1.29 is 13.9 Å². The Balaban J connectivity index is 2.15. The van der Waals surface area contributed by atoms with Gasteiger partial charge < -0.3 is 14.8 Å². The summed E-state index contributed by atoms with van der Waals surface area (Å²) in [5, 5.41) is 2.98. The van der Waals surface area contributed by atoms with Crippen molar-refractivity contribution in [2.75, 3.05) is 13.7 Å². The van der Waals surface area contributed by atoms with Gasteiger partial charge in [0.25, 0.3) is 0 Å². The Morgan fingerprint density at radius 1 is 1.10 bits per heavy atom. The van der Waals surface area contributed by atoms with Gasteiger partial charge in [-0.05, 0) is 43.8 Å². The molecular formula is C16H18FNO2. The number of hydrogen-bond donors (Lipinski definition) is 1. The molecule has 0 aromatic heterocycles. The number of ether oxygens (including phenoxy) is 2. The molecule has 0 unspecified atom stereocenters. The average molecular weight is 275 g/mol. The Morgan fingerprint density at radius 3 is 2.60 bits per heavy atom. The quantitative estimate of drug-likeness (QED) is 0.871. The summed E-state index contributed by atoms with van der Waals surface area (Å²) in [7, 11) is 1.82. The first-order valence-electron chi connectivity index (χ1n) is 6.56. The molecule has 0 spiro atoms. The highest BCUT2D eigenvalue weighted by molar-refractivity contribution is 5.38. The molecular weight excluding hydrogens is 257 g/mol. The van der Waals surface area contributed by atoms with Crippen molar-refractivity contribution in [3.63, 3.8) is 0 Å². The second-order valence-electron chi connectivity index (χ2n) is 4.31. The van der Waals surface area contributed by atoms with Crippen molar-refractivity contribution >= 4 is 0 Å². The zero-order valence-electron chi connectivity index (χ0n) is 11.7. The monoisotopic (exact) mass is 275 g/mol. The highest BCUT2D eigenvalue weighted by Gasteiger charge is 2.06. The molecule has 0 heterocycles. The van der Waals surface area contributed by atoms with Crippen LogP contribution in [0.4, 0.5) is 4.39 Å². The third-order valence-corrected chi connectivity index (χ3v) is 2.72. The van der Waals surface area contributed by atoms with Crippen LogP contribution < -0.4 is 14.8 Å². The molecule has 2 aromatic rings. The minimum absolute atomic E-state index is 0.207. The van der Waals surface area contributed by atoms with Crippen molar-refractivity contribution in [3.8, 4) is 17.2 Å². The van der Waals surface area contributed by atoms with E-state index in [1.54, 1.807) is 18.2 Å². The van der Waals surface area contributed by atoms with Crippen LogP contribution in [0.3, 0.4) is 0 Å². The first-order chi connectivity index (χ1) is 9.72. The maximum Gasteiger partial charge on any atom is 0.166 e. The Kier molecular flexibility index (Phi) is 4.96. The fourth-order valence-electron chi connectivity index (χ4n) is 1.86. The van der Waals surface area contributed by atoms with E-state index in [1.165, 1.54) is 6.07 Å². The molecule has 106 valence electrons. The van der Waals surface area contributed by atoms with Gasteiger partial charge in [-0.25, -0.2) is 4.39 Å². The van der Waals surface area contributed by atoms with Crippen LogP contribution in [0.2, 0.25) is 0 Å². The third-order valence-electron chi connectivity index (χ3n) is 2.72. The largest absolute Gasteiger partial charge is 0.494 e. The average Bonchev–Trinajstić information content (AvgIpc) is 2.43. The van der Waals surface area contributed by atoms with Crippen molar-refractivity contribution in [3.05, 3.63) is 53.8 Å². The second-order valence-corrected chi connectivity index (χ2v) is 4.31. The van der Waals surface area contributed by atoms with E-state index in [4.69, 9.17) is 9.47 Å². The van der Waals surface area contributed by atoms with Crippen LogP contribution in [0.25, 0.3) is 0 Å². The molecule has 0 atom stereocenters. The molecule has 0 fully saturated rings. The lowest BCUT2D eigenvalue weighted by Gasteiger charge is -2.10. The fraction of sp³-hybridized carbons (Fsp3) is 0.250. The summed E-state index contributed by atoms with van der Waals surface area (Å²) >= 11 is 0. The lowest BCUT2D eigenvalue weighted by molar-refractivity contribution is 0.337. The predicted molar refractivity (Wildman–Crippen MR) is 76.8 cm³/mol. The topological polar surface area (TPSA) is 30.5 Å². The first kappa shape index (κ1) is 14.3. The minimum atomic E-state index is -0.375. The van der Waals surface area contributed by atoms with Gasteiger partial charge in [0.15, 0.2) is 11.6 Å². The molecule has 0 saturated heterocycles. The molecule has 0 radical (unpaired) electrons. The molecule has 1 N–H and O–H groups in total. The summed E-state index contributed by atoms with van der Waals surface area (Å²) in [6, 6.07) is 12.1. The van der Waals surface area contributed by atoms with Crippen LogP contribution in [0, 0.1) is 5.82 Å². The number of hydrogen-bond acceptors (Lipinski definition) is 3. The van der Waals surface area contributed by atoms with E-state index < -0.39 is 0 Å². The van der Waals surface area contributed by atoms with Gasteiger partial charge in [-0.2, -0.15) is 0 Å². The zero-order valence-corrected chi connectivity index (χ0v) is 11.7. The molecule has 2 rings (SSSR count). The Morgan fingerprint density at radius 2 is 1.90 bits per heavy atom. The van der Waals surface area contributed by atoms with Crippen molar-refractivity contribution in [2.45, 2.75) is 13.5 Å². The van der Waals surface area contributed by atoms with Crippen LogP contribution >= 0.6 is 0 Å². The smallest absolute Gasteiger partial charge is 0.166 e. The molecule has 0 aliphatic rings. The van der Waals surface area contributed by atoms with Gasteiger partial charge in [0, 0.05) is 12.6 Å². The van der Waals surface area contributed by atoms with Gasteiger partial charge in [0.2, 0.25) is 0 Å². The lowest BCUT2D eigenvalue weighted by atomic mass is 10.2.